The summed E-state index contributed by atoms with van der Waals surface area (Å²) in [5.41, 5.74) is 2.11. The van der Waals surface area contributed by atoms with Gasteiger partial charge in [0.05, 0.1) is 11.0 Å². The third-order valence-electron chi connectivity index (χ3n) is 3.28. The predicted molar refractivity (Wildman–Crippen MR) is 77.3 cm³/mol. The summed E-state index contributed by atoms with van der Waals surface area (Å²) in [5, 5.41) is 8.03. The lowest BCUT2D eigenvalue weighted by molar-refractivity contribution is 0.411. The summed E-state index contributed by atoms with van der Waals surface area (Å²) >= 11 is 3.51. The van der Waals surface area contributed by atoms with Gasteiger partial charge in [-0.05, 0) is 33.2 Å². The summed E-state index contributed by atoms with van der Waals surface area (Å²) in [6, 6.07) is 0.456. The largest absolute Gasteiger partial charge is 0.308 e. The lowest BCUT2D eigenvalue weighted by Crippen LogP contribution is -2.26. The minimum Gasteiger partial charge on any atom is -0.308 e. The molecule has 0 amide bonds. The first-order valence-electron chi connectivity index (χ1n) is 6.37. The van der Waals surface area contributed by atoms with Crippen molar-refractivity contribution < 1.29 is 0 Å². The SMILES string of the molecule is Cc1nc(-c2csc(C3CCCCN3)n2)c(C)s1. The second-order valence-corrected chi connectivity index (χ2v) is 7.01. The molecule has 0 saturated carbocycles. The van der Waals surface area contributed by atoms with Gasteiger partial charge in [0.2, 0.25) is 0 Å². The third-order valence-corrected chi connectivity index (χ3v) is 5.12. The van der Waals surface area contributed by atoms with E-state index in [9.17, 15) is 0 Å². The molecule has 18 heavy (non-hydrogen) atoms. The Morgan fingerprint density at radius 1 is 1.28 bits per heavy atom. The minimum absolute atomic E-state index is 0.456. The first-order chi connectivity index (χ1) is 8.74. The molecule has 1 aliphatic heterocycles. The lowest BCUT2D eigenvalue weighted by Gasteiger charge is -2.21. The van der Waals surface area contributed by atoms with E-state index >= 15 is 0 Å². The van der Waals surface area contributed by atoms with Gasteiger partial charge in [-0.15, -0.1) is 22.7 Å². The topological polar surface area (TPSA) is 37.8 Å². The van der Waals surface area contributed by atoms with Gasteiger partial charge in [-0.25, -0.2) is 9.97 Å². The minimum atomic E-state index is 0.456. The summed E-state index contributed by atoms with van der Waals surface area (Å²) in [5.74, 6) is 0. The van der Waals surface area contributed by atoms with Crippen LogP contribution in [0, 0.1) is 13.8 Å². The molecule has 1 atom stereocenters. The van der Waals surface area contributed by atoms with Crippen molar-refractivity contribution in [2.45, 2.75) is 39.2 Å². The van der Waals surface area contributed by atoms with Crippen LogP contribution in [0.25, 0.3) is 11.4 Å². The van der Waals surface area contributed by atoms with Crippen LogP contribution in [0.15, 0.2) is 5.38 Å². The summed E-state index contributed by atoms with van der Waals surface area (Å²) in [7, 11) is 0. The highest BCUT2D eigenvalue weighted by Gasteiger charge is 2.19. The number of nitrogens with one attached hydrogen (secondary N) is 1. The highest BCUT2D eigenvalue weighted by molar-refractivity contribution is 7.12. The fourth-order valence-corrected chi connectivity index (χ4v) is 4.13. The zero-order valence-electron chi connectivity index (χ0n) is 10.7. The van der Waals surface area contributed by atoms with E-state index in [0.717, 1.165) is 22.9 Å². The van der Waals surface area contributed by atoms with E-state index in [0.29, 0.717) is 6.04 Å². The molecule has 2 aromatic rings. The molecule has 96 valence electrons. The summed E-state index contributed by atoms with van der Waals surface area (Å²) in [6.45, 7) is 5.30. The number of thiazole rings is 2. The van der Waals surface area contributed by atoms with Crippen LogP contribution in [-0.4, -0.2) is 16.5 Å². The zero-order chi connectivity index (χ0) is 12.5. The third kappa shape index (κ3) is 2.35. The molecule has 1 N–H and O–H groups in total. The Balaban J connectivity index is 1.86. The predicted octanol–water partition coefficient (Wildman–Crippen LogP) is 3.70. The first kappa shape index (κ1) is 12.3. The average molecular weight is 279 g/mol. The van der Waals surface area contributed by atoms with E-state index in [-0.39, 0.29) is 0 Å². The van der Waals surface area contributed by atoms with Crippen LogP contribution >= 0.6 is 22.7 Å². The van der Waals surface area contributed by atoms with Gasteiger partial charge in [-0.1, -0.05) is 6.42 Å². The molecule has 5 heteroatoms. The van der Waals surface area contributed by atoms with E-state index in [2.05, 4.69) is 29.5 Å². The van der Waals surface area contributed by atoms with Crippen molar-refractivity contribution >= 4 is 22.7 Å². The molecular formula is C13H17N3S2. The smallest absolute Gasteiger partial charge is 0.110 e. The van der Waals surface area contributed by atoms with Gasteiger partial charge in [0.15, 0.2) is 0 Å². The fraction of sp³-hybridized carbons (Fsp3) is 0.538. The number of piperidine rings is 1. The number of hydrogen-bond donors (Lipinski definition) is 1. The molecule has 3 rings (SSSR count). The molecule has 0 spiro atoms. The van der Waals surface area contributed by atoms with E-state index in [1.165, 1.54) is 29.1 Å². The fourth-order valence-electron chi connectivity index (χ4n) is 2.39. The van der Waals surface area contributed by atoms with Gasteiger partial charge in [0.25, 0.3) is 0 Å². The molecule has 1 unspecified atom stereocenters. The molecule has 0 bridgehead atoms. The van der Waals surface area contributed by atoms with Crippen molar-refractivity contribution in [3.8, 4) is 11.4 Å². The van der Waals surface area contributed by atoms with Crippen molar-refractivity contribution in [2.24, 2.45) is 0 Å². The van der Waals surface area contributed by atoms with Gasteiger partial charge in [0, 0.05) is 10.3 Å². The number of rotatable bonds is 2. The van der Waals surface area contributed by atoms with E-state index in [1.807, 2.05) is 0 Å². The molecule has 1 aliphatic rings. The van der Waals surface area contributed by atoms with E-state index in [4.69, 9.17) is 4.98 Å². The Morgan fingerprint density at radius 3 is 2.83 bits per heavy atom. The van der Waals surface area contributed by atoms with Crippen LogP contribution in [-0.2, 0) is 0 Å². The molecule has 1 saturated heterocycles. The highest BCUT2D eigenvalue weighted by atomic mass is 32.1. The van der Waals surface area contributed by atoms with E-state index in [1.54, 1.807) is 22.7 Å². The van der Waals surface area contributed by atoms with Crippen molar-refractivity contribution in [1.29, 1.82) is 0 Å². The van der Waals surface area contributed by atoms with Crippen LogP contribution in [0.4, 0.5) is 0 Å². The Labute approximate surface area is 115 Å². The van der Waals surface area contributed by atoms with Crippen molar-refractivity contribution in [2.75, 3.05) is 6.54 Å². The average Bonchev–Trinajstić information content (AvgIpc) is 2.97. The molecule has 0 radical (unpaired) electrons. The zero-order valence-corrected chi connectivity index (χ0v) is 12.3. The molecule has 1 fully saturated rings. The van der Waals surface area contributed by atoms with Gasteiger partial charge >= 0.3 is 0 Å². The maximum absolute atomic E-state index is 4.78. The number of aromatic nitrogens is 2. The van der Waals surface area contributed by atoms with Gasteiger partial charge in [0.1, 0.15) is 16.4 Å². The second kappa shape index (κ2) is 5.07. The van der Waals surface area contributed by atoms with Crippen LogP contribution in [0.5, 0.6) is 0 Å². The second-order valence-electron chi connectivity index (χ2n) is 4.71. The number of aryl methyl sites for hydroxylation is 2. The van der Waals surface area contributed by atoms with Gasteiger partial charge in [-0.2, -0.15) is 0 Å². The van der Waals surface area contributed by atoms with Crippen molar-refractivity contribution in [3.63, 3.8) is 0 Å². The Kier molecular flexibility index (Phi) is 3.46. The molecule has 3 nitrogen and oxygen atoms in total. The van der Waals surface area contributed by atoms with Crippen molar-refractivity contribution in [1.82, 2.24) is 15.3 Å². The normalized spacial score (nSPS) is 20.2. The summed E-state index contributed by atoms with van der Waals surface area (Å²) in [4.78, 5) is 10.6. The first-order valence-corrected chi connectivity index (χ1v) is 8.07. The summed E-state index contributed by atoms with van der Waals surface area (Å²) < 4.78 is 0. The quantitative estimate of drug-likeness (QED) is 0.911. The van der Waals surface area contributed by atoms with Crippen LogP contribution in [0.3, 0.4) is 0 Å². The molecular weight excluding hydrogens is 262 g/mol. The highest BCUT2D eigenvalue weighted by Crippen LogP contribution is 2.32. The molecule has 0 aromatic carbocycles. The molecule has 0 aliphatic carbocycles. The maximum atomic E-state index is 4.78. The van der Waals surface area contributed by atoms with Crippen LogP contribution < -0.4 is 5.32 Å². The van der Waals surface area contributed by atoms with Crippen molar-refractivity contribution in [3.05, 3.63) is 20.3 Å². The number of hydrogen-bond acceptors (Lipinski definition) is 5. The maximum Gasteiger partial charge on any atom is 0.110 e. The lowest BCUT2D eigenvalue weighted by atomic mass is 10.1. The van der Waals surface area contributed by atoms with Gasteiger partial charge < -0.3 is 5.32 Å². The Bertz CT molecular complexity index is 538. The van der Waals surface area contributed by atoms with E-state index < -0.39 is 0 Å². The van der Waals surface area contributed by atoms with Crippen LogP contribution in [0.1, 0.15) is 40.2 Å². The monoisotopic (exact) mass is 279 g/mol. The Morgan fingerprint density at radius 2 is 2.17 bits per heavy atom. The Hall–Kier alpha value is -0.780. The summed E-state index contributed by atoms with van der Waals surface area (Å²) in [6.07, 6.45) is 3.81. The molecule has 2 aromatic heterocycles. The molecule has 3 heterocycles. The number of nitrogens with zero attached hydrogens (tertiary/aromatic N) is 2. The standard InChI is InChI=1S/C13H17N3S2/c1-8-12(15-9(2)18-8)11-7-17-13(16-11)10-5-3-4-6-14-10/h7,10,14H,3-6H2,1-2H3. The van der Waals surface area contributed by atoms with Gasteiger partial charge in [-0.3, -0.25) is 0 Å². The van der Waals surface area contributed by atoms with Crippen LogP contribution in [0.2, 0.25) is 0 Å².